The van der Waals surface area contributed by atoms with Crippen LogP contribution in [0.4, 0.5) is 0 Å². The predicted octanol–water partition coefficient (Wildman–Crippen LogP) is 3.72. The van der Waals surface area contributed by atoms with Crippen LogP contribution in [0.15, 0.2) is 40.9 Å². The average molecular weight is 404 g/mol. The van der Waals surface area contributed by atoms with Gasteiger partial charge in [-0.15, -0.1) is 0 Å². The summed E-state index contributed by atoms with van der Waals surface area (Å²) in [6, 6.07) is 12.8. The Morgan fingerprint density at radius 2 is 2.20 bits per heavy atom. The van der Waals surface area contributed by atoms with Crippen molar-refractivity contribution in [2.24, 2.45) is 0 Å². The van der Waals surface area contributed by atoms with Gasteiger partial charge in [0.15, 0.2) is 0 Å². The van der Waals surface area contributed by atoms with E-state index in [4.69, 9.17) is 9.78 Å². The number of phenols is 1. The van der Waals surface area contributed by atoms with E-state index in [1.807, 2.05) is 18.2 Å². The van der Waals surface area contributed by atoms with Crippen molar-refractivity contribution in [3.63, 3.8) is 0 Å². The third-order valence-corrected chi connectivity index (χ3v) is 5.52. The van der Waals surface area contributed by atoms with Crippen LogP contribution in [-0.2, 0) is 6.42 Å². The van der Waals surface area contributed by atoms with Crippen LogP contribution < -0.4 is 5.32 Å². The van der Waals surface area contributed by atoms with Crippen molar-refractivity contribution in [1.82, 2.24) is 15.5 Å². The second-order valence-corrected chi connectivity index (χ2v) is 7.58. The highest BCUT2D eigenvalue weighted by Gasteiger charge is 2.26. The molecule has 1 aliphatic rings. The number of aliphatic hydroxyl groups is 1. The molecule has 3 aromatic rings. The number of aromatic nitrogens is 2. The molecule has 0 radical (unpaired) electrons. The van der Waals surface area contributed by atoms with E-state index in [1.165, 1.54) is 23.3 Å². The Bertz CT molecular complexity index is 1090. The Morgan fingerprint density at radius 3 is 3.00 bits per heavy atom. The minimum absolute atomic E-state index is 0.0792. The number of benzene rings is 2. The molecule has 30 heavy (non-hydrogen) atoms. The first-order valence-corrected chi connectivity index (χ1v) is 10.2. The van der Waals surface area contributed by atoms with Gasteiger partial charge in [0.1, 0.15) is 11.8 Å². The highest BCUT2D eigenvalue weighted by atomic mass is 16.5. The van der Waals surface area contributed by atoms with Gasteiger partial charge < -0.3 is 20.1 Å². The summed E-state index contributed by atoms with van der Waals surface area (Å²) < 4.78 is 5.44. The van der Waals surface area contributed by atoms with Crippen molar-refractivity contribution < 1.29 is 14.7 Å². The standard InChI is InChI=1S/C23H24N4O3/c1-2-4-16(28)13-25-20-9-8-17-18(20)5-3-6-19(17)22-26-23(30-27-22)14-7-10-21(29)15(11-14)12-24/h3,5-7,10-11,16,20,25,28-29H,2,4,8-9,13H2,1H3. The highest BCUT2D eigenvalue weighted by Crippen LogP contribution is 2.37. The van der Waals surface area contributed by atoms with E-state index in [2.05, 4.69) is 28.4 Å². The zero-order valence-corrected chi connectivity index (χ0v) is 16.8. The quantitative estimate of drug-likeness (QED) is 0.550. The molecule has 0 aliphatic heterocycles. The van der Waals surface area contributed by atoms with E-state index >= 15 is 0 Å². The number of nitrogens with one attached hydrogen (secondary N) is 1. The number of aromatic hydroxyl groups is 1. The number of nitriles is 1. The first kappa shape index (κ1) is 20.1. The summed E-state index contributed by atoms with van der Waals surface area (Å²) in [4.78, 5) is 4.53. The van der Waals surface area contributed by atoms with E-state index in [0.717, 1.165) is 31.2 Å². The summed E-state index contributed by atoms with van der Waals surface area (Å²) in [5.41, 5.74) is 4.07. The number of hydrogen-bond acceptors (Lipinski definition) is 7. The lowest BCUT2D eigenvalue weighted by atomic mass is 10.0. The molecule has 154 valence electrons. The first-order valence-electron chi connectivity index (χ1n) is 10.2. The van der Waals surface area contributed by atoms with E-state index in [0.29, 0.717) is 23.8 Å². The van der Waals surface area contributed by atoms with E-state index in [9.17, 15) is 10.2 Å². The van der Waals surface area contributed by atoms with E-state index in [-0.39, 0.29) is 23.5 Å². The van der Waals surface area contributed by atoms with Gasteiger partial charge in [0.25, 0.3) is 5.89 Å². The summed E-state index contributed by atoms with van der Waals surface area (Å²) in [6.07, 6.45) is 3.29. The molecule has 1 aromatic heterocycles. The van der Waals surface area contributed by atoms with Crippen molar-refractivity contribution in [3.05, 3.63) is 53.1 Å². The number of fused-ring (bicyclic) bond motifs is 1. The predicted molar refractivity (Wildman–Crippen MR) is 112 cm³/mol. The maximum Gasteiger partial charge on any atom is 0.258 e. The van der Waals surface area contributed by atoms with Gasteiger partial charge in [0, 0.05) is 23.7 Å². The van der Waals surface area contributed by atoms with E-state index in [1.54, 1.807) is 6.07 Å². The van der Waals surface area contributed by atoms with Crippen LogP contribution in [0, 0.1) is 11.3 Å². The van der Waals surface area contributed by atoms with Gasteiger partial charge in [-0.25, -0.2) is 0 Å². The lowest BCUT2D eigenvalue weighted by Gasteiger charge is -2.17. The van der Waals surface area contributed by atoms with Gasteiger partial charge in [0.05, 0.1) is 11.7 Å². The molecule has 3 N–H and O–H groups in total. The van der Waals surface area contributed by atoms with Crippen LogP contribution in [0.25, 0.3) is 22.8 Å². The molecule has 7 heteroatoms. The Morgan fingerprint density at radius 1 is 1.33 bits per heavy atom. The first-order chi connectivity index (χ1) is 14.6. The van der Waals surface area contributed by atoms with Crippen LogP contribution in [-0.4, -0.2) is 33.0 Å². The number of aliphatic hydroxyl groups excluding tert-OH is 1. The Labute approximate surface area is 175 Å². The molecule has 2 unspecified atom stereocenters. The molecule has 0 spiro atoms. The maximum atomic E-state index is 10.0. The largest absolute Gasteiger partial charge is 0.507 e. The number of nitrogens with zero attached hydrogens (tertiary/aromatic N) is 3. The van der Waals surface area contributed by atoms with Crippen LogP contribution in [0.1, 0.15) is 48.9 Å². The fraction of sp³-hybridized carbons (Fsp3) is 0.348. The minimum Gasteiger partial charge on any atom is -0.507 e. The molecular formula is C23H24N4O3. The van der Waals surface area contributed by atoms with Crippen molar-refractivity contribution >= 4 is 0 Å². The molecule has 1 heterocycles. The topological polar surface area (TPSA) is 115 Å². The fourth-order valence-electron chi connectivity index (χ4n) is 4.00. The smallest absolute Gasteiger partial charge is 0.258 e. The van der Waals surface area contributed by atoms with Crippen LogP contribution in [0.5, 0.6) is 5.75 Å². The summed E-state index contributed by atoms with van der Waals surface area (Å²) in [7, 11) is 0. The van der Waals surface area contributed by atoms with Crippen LogP contribution in [0.3, 0.4) is 0 Å². The Hall–Kier alpha value is -3.21. The van der Waals surface area contributed by atoms with Gasteiger partial charge in [-0.1, -0.05) is 36.7 Å². The van der Waals surface area contributed by atoms with Gasteiger partial charge in [0.2, 0.25) is 5.82 Å². The molecule has 7 nitrogen and oxygen atoms in total. The number of rotatable bonds is 7. The number of hydrogen-bond donors (Lipinski definition) is 3. The fourth-order valence-corrected chi connectivity index (χ4v) is 4.00. The zero-order chi connectivity index (χ0) is 21.1. The second kappa shape index (κ2) is 8.66. The van der Waals surface area contributed by atoms with Gasteiger partial charge in [-0.05, 0) is 48.6 Å². The lowest BCUT2D eigenvalue weighted by Crippen LogP contribution is -2.29. The minimum atomic E-state index is -0.328. The molecule has 2 atom stereocenters. The molecule has 2 aromatic carbocycles. The summed E-state index contributed by atoms with van der Waals surface area (Å²) in [5, 5.41) is 36.5. The molecule has 0 amide bonds. The van der Waals surface area contributed by atoms with Crippen LogP contribution in [0.2, 0.25) is 0 Å². The highest BCUT2D eigenvalue weighted by molar-refractivity contribution is 5.67. The van der Waals surface area contributed by atoms with Gasteiger partial charge in [-0.3, -0.25) is 0 Å². The SMILES string of the molecule is CCCC(O)CNC1CCc2c(-c3noc(-c4ccc(O)c(C#N)c4)n3)cccc21. The molecule has 0 saturated heterocycles. The third-order valence-electron chi connectivity index (χ3n) is 5.52. The van der Waals surface area contributed by atoms with Crippen molar-refractivity contribution in [1.29, 1.82) is 5.26 Å². The van der Waals surface area contributed by atoms with Crippen molar-refractivity contribution in [3.8, 4) is 34.7 Å². The second-order valence-electron chi connectivity index (χ2n) is 7.58. The van der Waals surface area contributed by atoms with Gasteiger partial charge >= 0.3 is 0 Å². The zero-order valence-electron chi connectivity index (χ0n) is 16.8. The lowest BCUT2D eigenvalue weighted by molar-refractivity contribution is 0.156. The molecule has 0 fully saturated rings. The third kappa shape index (κ3) is 3.92. The molecular weight excluding hydrogens is 380 g/mol. The molecule has 1 aliphatic carbocycles. The molecule has 4 rings (SSSR count). The van der Waals surface area contributed by atoms with E-state index < -0.39 is 0 Å². The maximum absolute atomic E-state index is 10.0. The monoisotopic (exact) mass is 404 g/mol. The van der Waals surface area contributed by atoms with Crippen LogP contribution >= 0.6 is 0 Å². The average Bonchev–Trinajstić information content (AvgIpc) is 3.40. The molecule has 0 saturated carbocycles. The summed E-state index contributed by atoms with van der Waals surface area (Å²) in [5.74, 6) is 0.721. The van der Waals surface area contributed by atoms with Gasteiger partial charge in [-0.2, -0.15) is 10.2 Å². The summed E-state index contributed by atoms with van der Waals surface area (Å²) in [6.45, 7) is 2.65. The van der Waals surface area contributed by atoms with Crippen molar-refractivity contribution in [2.75, 3.05) is 6.54 Å². The normalized spacial score (nSPS) is 16.2. The number of phenolic OH excluding ortho intramolecular Hbond substituents is 1. The van der Waals surface area contributed by atoms with Crippen molar-refractivity contribution in [2.45, 2.75) is 44.8 Å². The summed E-state index contributed by atoms with van der Waals surface area (Å²) >= 11 is 0. The Balaban J connectivity index is 1.58. The Kier molecular flexibility index (Phi) is 5.79. The molecule has 0 bridgehead atoms.